The Balaban J connectivity index is 2.09. The molecule has 0 radical (unpaired) electrons. The summed E-state index contributed by atoms with van der Waals surface area (Å²) in [6.45, 7) is 5.70. The van der Waals surface area contributed by atoms with Crippen LogP contribution >= 0.6 is 11.3 Å². The van der Waals surface area contributed by atoms with Crippen molar-refractivity contribution >= 4 is 28.7 Å². The van der Waals surface area contributed by atoms with Gasteiger partial charge in [-0.25, -0.2) is 9.78 Å². The van der Waals surface area contributed by atoms with E-state index in [9.17, 15) is 4.79 Å². The summed E-state index contributed by atoms with van der Waals surface area (Å²) in [6.07, 6.45) is 1.74. The van der Waals surface area contributed by atoms with Crippen molar-refractivity contribution in [1.29, 1.82) is 0 Å². The van der Waals surface area contributed by atoms with Crippen molar-refractivity contribution < 1.29 is 14.3 Å². The van der Waals surface area contributed by atoms with Gasteiger partial charge in [-0.2, -0.15) is 5.10 Å². The van der Waals surface area contributed by atoms with Gasteiger partial charge in [0.15, 0.2) is 0 Å². The SMILES string of the molecule is COC(=O)c1sc(N/N=C/c2ccccc2OC(C)C)nc1C. The van der Waals surface area contributed by atoms with Crippen LogP contribution in [0.1, 0.15) is 34.8 Å². The predicted octanol–water partition coefficient (Wildman–Crippen LogP) is 3.47. The Bertz CT molecular complexity index is 710. The largest absolute Gasteiger partial charge is 0.490 e. The van der Waals surface area contributed by atoms with Crippen LogP contribution in [0.5, 0.6) is 5.75 Å². The van der Waals surface area contributed by atoms with Gasteiger partial charge in [0.25, 0.3) is 0 Å². The molecule has 1 heterocycles. The predicted molar refractivity (Wildman–Crippen MR) is 91.6 cm³/mol. The molecule has 0 fully saturated rings. The molecule has 0 unspecified atom stereocenters. The van der Waals surface area contributed by atoms with Crippen molar-refractivity contribution in [2.24, 2.45) is 5.10 Å². The third-order valence-corrected chi connectivity index (χ3v) is 3.86. The van der Waals surface area contributed by atoms with Gasteiger partial charge in [-0.05, 0) is 32.9 Å². The molecule has 0 saturated carbocycles. The molecular formula is C16H19N3O3S. The summed E-state index contributed by atoms with van der Waals surface area (Å²) in [5.41, 5.74) is 4.30. The van der Waals surface area contributed by atoms with Crippen LogP contribution in [0.25, 0.3) is 0 Å². The smallest absolute Gasteiger partial charge is 0.350 e. The Morgan fingerprint density at radius 2 is 2.13 bits per heavy atom. The summed E-state index contributed by atoms with van der Waals surface area (Å²) < 4.78 is 10.4. The molecule has 1 aromatic heterocycles. The number of thiazole rings is 1. The van der Waals surface area contributed by atoms with Crippen molar-refractivity contribution in [3.63, 3.8) is 0 Å². The fraction of sp³-hybridized carbons (Fsp3) is 0.312. The minimum Gasteiger partial charge on any atom is -0.490 e. The summed E-state index contributed by atoms with van der Waals surface area (Å²) in [5, 5.41) is 4.69. The number of methoxy groups -OCH3 is 1. The summed E-state index contributed by atoms with van der Waals surface area (Å²) in [5.74, 6) is 0.367. The molecule has 0 bridgehead atoms. The molecule has 0 aliphatic rings. The number of esters is 1. The highest BCUT2D eigenvalue weighted by Crippen LogP contribution is 2.23. The number of nitrogens with one attached hydrogen (secondary N) is 1. The third kappa shape index (κ3) is 4.53. The van der Waals surface area contributed by atoms with Gasteiger partial charge < -0.3 is 9.47 Å². The maximum Gasteiger partial charge on any atom is 0.350 e. The standard InChI is InChI=1S/C16H19N3O3S/c1-10(2)22-13-8-6-5-7-12(13)9-17-19-16-18-11(3)14(23-16)15(20)21-4/h5-10H,1-4H3,(H,18,19)/b17-9+. The summed E-state index contributed by atoms with van der Waals surface area (Å²) in [4.78, 5) is 16.3. The minimum absolute atomic E-state index is 0.0849. The van der Waals surface area contributed by atoms with Crippen LogP contribution in [-0.2, 0) is 4.74 Å². The number of carbonyl (C=O) groups is 1. The summed E-state index contributed by atoms with van der Waals surface area (Å²) >= 11 is 1.20. The van der Waals surface area contributed by atoms with Gasteiger partial charge in [-0.1, -0.05) is 23.5 Å². The Kier molecular flexibility index (Phi) is 5.70. The van der Waals surface area contributed by atoms with Crippen LogP contribution in [0.2, 0.25) is 0 Å². The number of hydrogen-bond donors (Lipinski definition) is 1. The zero-order valence-electron chi connectivity index (χ0n) is 13.5. The molecule has 122 valence electrons. The van der Waals surface area contributed by atoms with E-state index in [0.717, 1.165) is 11.3 Å². The first-order valence-electron chi connectivity index (χ1n) is 7.11. The van der Waals surface area contributed by atoms with Gasteiger partial charge in [0.05, 0.1) is 25.1 Å². The fourth-order valence-corrected chi connectivity index (χ4v) is 2.67. The van der Waals surface area contributed by atoms with E-state index in [1.165, 1.54) is 18.4 Å². The fourth-order valence-electron chi connectivity index (χ4n) is 1.83. The molecule has 0 saturated heterocycles. The number of hydrogen-bond acceptors (Lipinski definition) is 7. The monoisotopic (exact) mass is 333 g/mol. The van der Waals surface area contributed by atoms with Crippen LogP contribution in [0.4, 0.5) is 5.13 Å². The van der Waals surface area contributed by atoms with Gasteiger partial charge in [0.2, 0.25) is 5.13 Å². The van der Waals surface area contributed by atoms with E-state index >= 15 is 0 Å². The average Bonchev–Trinajstić information content (AvgIpc) is 2.88. The maximum absolute atomic E-state index is 11.6. The van der Waals surface area contributed by atoms with Gasteiger partial charge >= 0.3 is 5.97 Å². The van der Waals surface area contributed by atoms with Crippen molar-refractivity contribution in [2.75, 3.05) is 12.5 Å². The molecule has 7 heteroatoms. The lowest BCUT2D eigenvalue weighted by Crippen LogP contribution is -2.07. The van der Waals surface area contributed by atoms with Crippen LogP contribution in [0.3, 0.4) is 0 Å². The van der Waals surface area contributed by atoms with E-state index in [0.29, 0.717) is 15.7 Å². The van der Waals surface area contributed by atoms with Crippen LogP contribution < -0.4 is 10.2 Å². The lowest BCUT2D eigenvalue weighted by atomic mass is 10.2. The second kappa shape index (κ2) is 7.73. The number of benzene rings is 1. The average molecular weight is 333 g/mol. The molecule has 0 aliphatic carbocycles. The highest BCUT2D eigenvalue weighted by Gasteiger charge is 2.15. The molecule has 23 heavy (non-hydrogen) atoms. The Morgan fingerprint density at radius 1 is 1.39 bits per heavy atom. The molecule has 2 aromatic rings. The van der Waals surface area contributed by atoms with Crippen LogP contribution in [0, 0.1) is 6.92 Å². The molecule has 0 spiro atoms. The van der Waals surface area contributed by atoms with E-state index in [1.54, 1.807) is 13.1 Å². The topological polar surface area (TPSA) is 72.8 Å². The number of para-hydroxylation sites is 1. The van der Waals surface area contributed by atoms with Gasteiger partial charge in [0, 0.05) is 5.56 Å². The van der Waals surface area contributed by atoms with Gasteiger partial charge in [-0.15, -0.1) is 0 Å². The zero-order valence-corrected chi connectivity index (χ0v) is 14.3. The molecule has 0 amide bonds. The minimum atomic E-state index is -0.396. The molecule has 0 atom stereocenters. The van der Waals surface area contributed by atoms with Crippen molar-refractivity contribution in [3.8, 4) is 5.75 Å². The summed E-state index contributed by atoms with van der Waals surface area (Å²) in [6, 6.07) is 7.63. The maximum atomic E-state index is 11.6. The molecular weight excluding hydrogens is 314 g/mol. The number of nitrogens with zero attached hydrogens (tertiary/aromatic N) is 2. The second-order valence-corrected chi connectivity index (χ2v) is 6.00. The van der Waals surface area contributed by atoms with Gasteiger partial charge in [0.1, 0.15) is 10.6 Å². The first-order chi connectivity index (χ1) is 11.0. The van der Waals surface area contributed by atoms with Crippen molar-refractivity contribution in [2.45, 2.75) is 26.9 Å². The molecule has 2 rings (SSSR count). The normalized spacial score (nSPS) is 11.0. The van der Waals surface area contributed by atoms with Crippen molar-refractivity contribution in [1.82, 2.24) is 4.98 Å². The Labute approximate surface area is 139 Å². The van der Waals surface area contributed by atoms with Crippen LogP contribution in [-0.4, -0.2) is 30.4 Å². The first kappa shape index (κ1) is 17.0. The van der Waals surface area contributed by atoms with E-state index < -0.39 is 5.97 Å². The lowest BCUT2D eigenvalue weighted by Gasteiger charge is -2.11. The van der Waals surface area contributed by atoms with Crippen LogP contribution in [0.15, 0.2) is 29.4 Å². The number of rotatable bonds is 6. The second-order valence-electron chi connectivity index (χ2n) is 5.00. The quantitative estimate of drug-likeness (QED) is 0.498. The highest BCUT2D eigenvalue weighted by atomic mass is 32.1. The molecule has 6 nitrogen and oxygen atoms in total. The lowest BCUT2D eigenvalue weighted by molar-refractivity contribution is 0.0605. The number of anilines is 1. The van der Waals surface area contributed by atoms with Gasteiger partial charge in [-0.3, -0.25) is 5.43 Å². The molecule has 0 aliphatic heterocycles. The third-order valence-electron chi connectivity index (χ3n) is 2.81. The Hall–Kier alpha value is -2.41. The van der Waals surface area contributed by atoms with E-state index in [-0.39, 0.29) is 6.10 Å². The zero-order chi connectivity index (χ0) is 16.8. The number of hydrazone groups is 1. The van der Waals surface area contributed by atoms with E-state index in [4.69, 9.17) is 9.47 Å². The summed E-state index contributed by atoms with van der Waals surface area (Å²) in [7, 11) is 1.35. The first-order valence-corrected chi connectivity index (χ1v) is 7.93. The van der Waals surface area contributed by atoms with E-state index in [2.05, 4.69) is 15.5 Å². The highest BCUT2D eigenvalue weighted by molar-refractivity contribution is 7.17. The molecule has 1 N–H and O–H groups in total. The Morgan fingerprint density at radius 3 is 2.83 bits per heavy atom. The number of aryl methyl sites for hydroxylation is 1. The molecule has 1 aromatic carbocycles. The number of aromatic nitrogens is 1. The number of carbonyl (C=O) groups excluding carboxylic acids is 1. The van der Waals surface area contributed by atoms with E-state index in [1.807, 2.05) is 38.1 Å². The van der Waals surface area contributed by atoms with Crippen molar-refractivity contribution in [3.05, 3.63) is 40.4 Å². The number of ether oxygens (including phenoxy) is 2.